The van der Waals surface area contributed by atoms with Crippen LogP contribution in [0.25, 0.3) is 16.9 Å². The van der Waals surface area contributed by atoms with Crippen molar-refractivity contribution in [2.24, 2.45) is 0 Å². The number of nitrogens with zero attached hydrogens (tertiary/aromatic N) is 4. The standard InChI is InChI=1S/C28H24F5N5O4/c1-15-14-42-10-9-37(15)17-11-20(29)23(21(30)12-17)26(39)36-22(27(40)41)13-16-4-5-18(25-35-7-8-38(16)25)24-19(28(31,32)33)3-2-6-34-24/h2-8,11-12,15,22H,9-10,13-14H2,1H3,(H,36,39)(H,40,41)/t15-,22-/m0/s1. The average Bonchev–Trinajstić information content (AvgIpc) is 3.43. The molecule has 5 rings (SSSR count). The molecule has 4 aromatic rings. The molecule has 0 saturated carbocycles. The summed E-state index contributed by atoms with van der Waals surface area (Å²) in [5.41, 5.74) is -1.70. The fourth-order valence-electron chi connectivity index (χ4n) is 4.96. The number of imidazole rings is 1. The van der Waals surface area contributed by atoms with Crippen LogP contribution in [0.2, 0.25) is 0 Å². The molecule has 9 nitrogen and oxygen atoms in total. The molecule has 1 saturated heterocycles. The Morgan fingerprint density at radius 3 is 2.55 bits per heavy atom. The second-order valence-electron chi connectivity index (χ2n) is 9.73. The molecule has 0 bridgehead atoms. The summed E-state index contributed by atoms with van der Waals surface area (Å²) in [4.78, 5) is 34.7. The van der Waals surface area contributed by atoms with Crippen molar-refractivity contribution in [2.75, 3.05) is 24.7 Å². The largest absolute Gasteiger partial charge is 0.480 e. The van der Waals surface area contributed by atoms with Crippen molar-refractivity contribution in [3.05, 3.63) is 83.4 Å². The number of carbonyl (C=O) groups is 2. The number of fused-ring (bicyclic) bond motifs is 1. The van der Waals surface area contributed by atoms with Crippen LogP contribution in [0.3, 0.4) is 0 Å². The van der Waals surface area contributed by atoms with E-state index in [-0.39, 0.29) is 40.7 Å². The molecule has 1 aliphatic heterocycles. The van der Waals surface area contributed by atoms with Gasteiger partial charge < -0.3 is 24.5 Å². The molecule has 0 spiro atoms. The van der Waals surface area contributed by atoms with Crippen molar-refractivity contribution in [1.29, 1.82) is 0 Å². The van der Waals surface area contributed by atoms with Crippen LogP contribution in [0, 0.1) is 11.6 Å². The Hall–Kier alpha value is -4.59. The number of amides is 1. The fourth-order valence-corrected chi connectivity index (χ4v) is 4.96. The second-order valence-corrected chi connectivity index (χ2v) is 9.73. The number of ether oxygens (including phenoxy) is 1. The number of nitrogens with one attached hydrogen (secondary N) is 1. The first-order valence-corrected chi connectivity index (χ1v) is 12.8. The molecule has 2 N–H and O–H groups in total. The number of aliphatic carboxylic acids is 1. The number of carbonyl (C=O) groups excluding carboxylic acids is 1. The van der Waals surface area contributed by atoms with Crippen LogP contribution in [0.4, 0.5) is 27.6 Å². The zero-order valence-electron chi connectivity index (χ0n) is 22.0. The second kappa shape index (κ2) is 11.4. The highest BCUT2D eigenvalue weighted by Crippen LogP contribution is 2.37. The molecule has 3 aromatic heterocycles. The lowest BCUT2D eigenvalue weighted by atomic mass is 10.0. The zero-order valence-corrected chi connectivity index (χ0v) is 22.0. The number of benzene rings is 1. The van der Waals surface area contributed by atoms with E-state index in [4.69, 9.17) is 4.74 Å². The van der Waals surface area contributed by atoms with Gasteiger partial charge in [0.05, 0.1) is 24.5 Å². The molecule has 1 aliphatic rings. The van der Waals surface area contributed by atoms with E-state index in [0.29, 0.717) is 19.8 Å². The summed E-state index contributed by atoms with van der Waals surface area (Å²) in [6.07, 6.45) is -1.13. The molecule has 1 amide bonds. The average molecular weight is 590 g/mol. The Morgan fingerprint density at radius 2 is 1.88 bits per heavy atom. The highest BCUT2D eigenvalue weighted by Gasteiger charge is 2.35. The van der Waals surface area contributed by atoms with Crippen LogP contribution in [-0.2, 0) is 22.1 Å². The van der Waals surface area contributed by atoms with Gasteiger partial charge in [-0.2, -0.15) is 13.2 Å². The SMILES string of the molecule is C[C@H]1COCCN1c1cc(F)c(C(=O)N[C@@H](Cc2ccc(-c3ncccc3C(F)(F)F)c3nccn23)C(=O)O)c(F)c1. The van der Waals surface area contributed by atoms with Gasteiger partial charge in [-0.3, -0.25) is 9.78 Å². The summed E-state index contributed by atoms with van der Waals surface area (Å²) in [6, 6.07) is 4.96. The van der Waals surface area contributed by atoms with Crippen LogP contribution in [0.5, 0.6) is 0 Å². The van der Waals surface area contributed by atoms with Crippen molar-refractivity contribution in [1.82, 2.24) is 19.7 Å². The van der Waals surface area contributed by atoms with Crippen LogP contribution in [-0.4, -0.2) is 63.2 Å². The van der Waals surface area contributed by atoms with E-state index >= 15 is 8.78 Å². The Labute approximate surface area is 235 Å². The minimum Gasteiger partial charge on any atom is -0.480 e. The number of halogens is 5. The number of aromatic nitrogens is 3. The van der Waals surface area contributed by atoms with E-state index in [0.717, 1.165) is 24.3 Å². The first-order chi connectivity index (χ1) is 20.0. The topological polar surface area (TPSA) is 109 Å². The van der Waals surface area contributed by atoms with Gasteiger partial charge in [-0.25, -0.2) is 18.6 Å². The monoisotopic (exact) mass is 589 g/mol. The lowest BCUT2D eigenvalue weighted by molar-refractivity contribution is -0.139. The molecule has 14 heteroatoms. The van der Waals surface area contributed by atoms with Crippen LogP contribution in [0.1, 0.15) is 28.5 Å². The first kappa shape index (κ1) is 28.9. The Morgan fingerprint density at radius 1 is 1.14 bits per heavy atom. The van der Waals surface area contributed by atoms with E-state index in [1.54, 1.807) is 4.90 Å². The molecule has 0 unspecified atom stereocenters. The minimum atomic E-state index is -4.69. The zero-order chi connectivity index (χ0) is 30.2. The summed E-state index contributed by atoms with van der Waals surface area (Å²) >= 11 is 0. The van der Waals surface area contributed by atoms with Gasteiger partial charge in [-0.05, 0) is 43.3 Å². The maximum atomic E-state index is 15.0. The normalized spacial score (nSPS) is 16.4. The van der Waals surface area contributed by atoms with Crippen LogP contribution in [0.15, 0.2) is 55.0 Å². The van der Waals surface area contributed by atoms with Crippen LogP contribution < -0.4 is 10.2 Å². The van der Waals surface area contributed by atoms with Crippen molar-refractivity contribution < 1.29 is 41.4 Å². The molecule has 2 atom stereocenters. The Kier molecular flexibility index (Phi) is 7.82. The van der Waals surface area contributed by atoms with E-state index in [1.165, 1.54) is 35.1 Å². The van der Waals surface area contributed by atoms with Crippen molar-refractivity contribution in [2.45, 2.75) is 31.6 Å². The molecule has 42 heavy (non-hydrogen) atoms. The maximum Gasteiger partial charge on any atom is 0.418 e. The number of pyridine rings is 2. The number of rotatable bonds is 7. The van der Waals surface area contributed by atoms with Gasteiger partial charge in [0.1, 0.15) is 28.9 Å². The molecule has 4 heterocycles. The van der Waals surface area contributed by atoms with Crippen molar-refractivity contribution >= 4 is 23.2 Å². The number of carboxylic acids is 1. The number of hydrogen-bond donors (Lipinski definition) is 2. The van der Waals surface area contributed by atoms with Gasteiger partial charge in [0.25, 0.3) is 5.91 Å². The van der Waals surface area contributed by atoms with Gasteiger partial charge in [-0.15, -0.1) is 0 Å². The number of carboxylic acid groups (broad SMARTS) is 1. The molecule has 1 aromatic carbocycles. The van der Waals surface area contributed by atoms with Crippen LogP contribution >= 0.6 is 0 Å². The van der Waals surface area contributed by atoms with Gasteiger partial charge in [0.2, 0.25) is 0 Å². The summed E-state index contributed by atoms with van der Waals surface area (Å²) in [6.45, 7) is 2.95. The minimum absolute atomic E-state index is 0.0476. The van der Waals surface area contributed by atoms with Gasteiger partial charge in [-0.1, -0.05) is 0 Å². The lowest BCUT2D eigenvalue weighted by Crippen LogP contribution is -2.44. The number of morpholine rings is 1. The third-order valence-corrected chi connectivity index (χ3v) is 6.97. The molecular formula is C28H24F5N5O4. The summed E-state index contributed by atoms with van der Waals surface area (Å²) in [5, 5.41) is 12.0. The summed E-state index contributed by atoms with van der Waals surface area (Å²) in [5.74, 6) is -5.10. The summed E-state index contributed by atoms with van der Waals surface area (Å²) < 4.78 is 77.6. The van der Waals surface area contributed by atoms with Crippen molar-refractivity contribution in [3.63, 3.8) is 0 Å². The van der Waals surface area contributed by atoms with Crippen molar-refractivity contribution in [3.8, 4) is 11.3 Å². The molecule has 1 fully saturated rings. The van der Waals surface area contributed by atoms with E-state index in [2.05, 4.69) is 15.3 Å². The van der Waals surface area contributed by atoms with Gasteiger partial charge >= 0.3 is 12.1 Å². The van der Waals surface area contributed by atoms with E-state index < -0.39 is 46.9 Å². The van der Waals surface area contributed by atoms with Gasteiger partial charge in [0.15, 0.2) is 0 Å². The lowest BCUT2D eigenvalue weighted by Gasteiger charge is -2.35. The third kappa shape index (κ3) is 5.62. The van der Waals surface area contributed by atoms with Gasteiger partial charge in [0, 0.05) is 54.5 Å². The molecular weight excluding hydrogens is 565 g/mol. The Balaban J connectivity index is 1.42. The fraction of sp³-hybridized carbons (Fsp3) is 0.286. The number of hydrogen-bond acceptors (Lipinski definition) is 6. The summed E-state index contributed by atoms with van der Waals surface area (Å²) in [7, 11) is 0. The number of anilines is 1. The van der Waals surface area contributed by atoms with E-state index in [1.807, 2.05) is 6.92 Å². The predicted octanol–water partition coefficient (Wildman–Crippen LogP) is 4.34. The Bertz CT molecular complexity index is 1630. The first-order valence-electron chi connectivity index (χ1n) is 12.8. The highest BCUT2D eigenvalue weighted by atomic mass is 19.4. The highest BCUT2D eigenvalue weighted by molar-refractivity contribution is 5.97. The molecule has 0 aliphatic carbocycles. The molecule has 0 radical (unpaired) electrons. The maximum absolute atomic E-state index is 15.0. The smallest absolute Gasteiger partial charge is 0.418 e. The molecule has 220 valence electrons. The number of alkyl halides is 3. The quantitative estimate of drug-likeness (QED) is 0.309. The third-order valence-electron chi connectivity index (χ3n) is 6.97. The predicted molar refractivity (Wildman–Crippen MR) is 140 cm³/mol. The van der Waals surface area contributed by atoms with E-state index in [9.17, 15) is 27.9 Å².